The molecule has 1 heterocycles. The molecular formula is C16H10F3N3O3. The van der Waals surface area contributed by atoms with Crippen molar-refractivity contribution in [2.24, 2.45) is 0 Å². The van der Waals surface area contributed by atoms with Gasteiger partial charge in [-0.05, 0) is 18.2 Å². The summed E-state index contributed by atoms with van der Waals surface area (Å²) < 4.78 is 43.4. The summed E-state index contributed by atoms with van der Waals surface area (Å²) in [5.74, 6) is -1.72. The van der Waals surface area contributed by atoms with Gasteiger partial charge in [0.05, 0.1) is 12.7 Å². The Labute approximate surface area is 139 Å². The molecule has 0 saturated heterocycles. The SMILES string of the molecule is COC1=C(Nc2cccc(C(F)(F)F)c2)C(=O)c2nccnc2C1=O. The third kappa shape index (κ3) is 2.95. The molecule has 0 aliphatic heterocycles. The number of nitrogens with zero attached hydrogens (tertiary/aromatic N) is 2. The van der Waals surface area contributed by atoms with Crippen LogP contribution >= 0.6 is 0 Å². The molecule has 0 saturated carbocycles. The molecule has 128 valence electrons. The topological polar surface area (TPSA) is 81.2 Å². The Bertz CT molecular complexity index is 907. The lowest BCUT2D eigenvalue weighted by Crippen LogP contribution is -2.29. The minimum Gasteiger partial charge on any atom is -0.491 e. The third-order valence-corrected chi connectivity index (χ3v) is 3.45. The maximum absolute atomic E-state index is 12.8. The highest BCUT2D eigenvalue weighted by molar-refractivity contribution is 6.25. The fraction of sp³-hybridized carbons (Fsp3) is 0.125. The zero-order valence-electron chi connectivity index (χ0n) is 12.7. The predicted octanol–water partition coefficient (Wildman–Crippen LogP) is 2.84. The molecule has 3 rings (SSSR count). The number of nitrogens with one attached hydrogen (secondary N) is 1. The van der Waals surface area contributed by atoms with Crippen LogP contribution in [0.15, 0.2) is 48.1 Å². The van der Waals surface area contributed by atoms with E-state index >= 15 is 0 Å². The maximum atomic E-state index is 12.8. The number of halogens is 3. The van der Waals surface area contributed by atoms with E-state index < -0.39 is 23.3 Å². The number of methoxy groups -OCH3 is 1. The Morgan fingerprint density at radius 2 is 1.68 bits per heavy atom. The molecule has 0 unspecified atom stereocenters. The van der Waals surface area contributed by atoms with Gasteiger partial charge < -0.3 is 10.1 Å². The van der Waals surface area contributed by atoms with Crippen molar-refractivity contribution in [3.05, 3.63) is 65.1 Å². The summed E-state index contributed by atoms with van der Waals surface area (Å²) in [5, 5.41) is 2.53. The summed E-state index contributed by atoms with van der Waals surface area (Å²) in [7, 11) is 1.18. The minimum absolute atomic E-state index is 0.0205. The van der Waals surface area contributed by atoms with Crippen molar-refractivity contribution >= 4 is 17.3 Å². The molecule has 0 radical (unpaired) electrons. The number of rotatable bonds is 3. The number of ether oxygens (including phenoxy) is 1. The van der Waals surface area contributed by atoms with Crippen LogP contribution in [0.3, 0.4) is 0 Å². The number of carbonyl (C=O) groups excluding carboxylic acids is 2. The van der Waals surface area contributed by atoms with E-state index in [0.717, 1.165) is 12.1 Å². The second kappa shape index (κ2) is 6.00. The Morgan fingerprint density at radius 3 is 2.28 bits per heavy atom. The van der Waals surface area contributed by atoms with Crippen LogP contribution in [0.4, 0.5) is 18.9 Å². The van der Waals surface area contributed by atoms with Gasteiger partial charge in [0.25, 0.3) is 5.78 Å². The van der Waals surface area contributed by atoms with Crippen molar-refractivity contribution < 1.29 is 27.5 Å². The highest BCUT2D eigenvalue weighted by atomic mass is 19.4. The number of ketones is 2. The Morgan fingerprint density at radius 1 is 1.04 bits per heavy atom. The number of hydrogen-bond acceptors (Lipinski definition) is 6. The van der Waals surface area contributed by atoms with Crippen molar-refractivity contribution in [2.75, 3.05) is 12.4 Å². The van der Waals surface area contributed by atoms with Gasteiger partial charge in [-0.1, -0.05) is 6.07 Å². The molecule has 0 bridgehead atoms. The number of hydrogen-bond donors (Lipinski definition) is 1. The lowest BCUT2D eigenvalue weighted by Gasteiger charge is -2.19. The van der Waals surface area contributed by atoms with Crippen LogP contribution in [0.25, 0.3) is 0 Å². The first-order valence-electron chi connectivity index (χ1n) is 6.96. The molecule has 0 fully saturated rings. The number of Topliss-reactive ketones (excluding diaryl/α,β-unsaturated/α-hetero) is 2. The van der Waals surface area contributed by atoms with Crippen molar-refractivity contribution in [1.82, 2.24) is 9.97 Å². The second-order valence-corrected chi connectivity index (χ2v) is 5.02. The fourth-order valence-electron chi connectivity index (χ4n) is 2.34. The molecule has 0 spiro atoms. The van der Waals surface area contributed by atoms with Gasteiger partial charge in [0.15, 0.2) is 5.76 Å². The monoisotopic (exact) mass is 349 g/mol. The Hall–Kier alpha value is -3.23. The molecule has 0 atom stereocenters. The van der Waals surface area contributed by atoms with Gasteiger partial charge in [0.1, 0.15) is 17.1 Å². The van der Waals surface area contributed by atoms with Crippen LogP contribution in [0.2, 0.25) is 0 Å². The van der Waals surface area contributed by atoms with Gasteiger partial charge in [-0.3, -0.25) is 9.59 Å². The zero-order chi connectivity index (χ0) is 18.2. The lowest BCUT2D eigenvalue weighted by molar-refractivity contribution is -0.137. The molecule has 1 aliphatic carbocycles. The van der Waals surface area contributed by atoms with Crippen molar-refractivity contribution in [2.45, 2.75) is 6.18 Å². The predicted molar refractivity (Wildman–Crippen MR) is 79.8 cm³/mol. The van der Waals surface area contributed by atoms with Crippen LogP contribution in [-0.2, 0) is 10.9 Å². The van der Waals surface area contributed by atoms with Gasteiger partial charge in [-0.2, -0.15) is 13.2 Å². The second-order valence-electron chi connectivity index (χ2n) is 5.02. The van der Waals surface area contributed by atoms with Crippen LogP contribution in [0.1, 0.15) is 26.5 Å². The molecule has 1 N–H and O–H groups in total. The minimum atomic E-state index is -4.54. The molecule has 0 amide bonds. The maximum Gasteiger partial charge on any atom is 0.416 e. The molecule has 2 aromatic rings. The molecule has 25 heavy (non-hydrogen) atoms. The van der Waals surface area contributed by atoms with Gasteiger partial charge in [-0.15, -0.1) is 0 Å². The summed E-state index contributed by atoms with van der Waals surface area (Å²) in [4.78, 5) is 32.5. The lowest BCUT2D eigenvalue weighted by atomic mass is 9.99. The number of carbonyl (C=O) groups is 2. The fourth-order valence-corrected chi connectivity index (χ4v) is 2.34. The number of alkyl halides is 3. The van der Waals surface area contributed by atoms with E-state index in [2.05, 4.69) is 15.3 Å². The average Bonchev–Trinajstić information content (AvgIpc) is 2.59. The summed E-state index contributed by atoms with van der Waals surface area (Å²) in [6.07, 6.45) is -2.05. The van der Waals surface area contributed by atoms with Crippen molar-refractivity contribution in [3.63, 3.8) is 0 Å². The largest absolute Gasteiger partial charge is 0.491 e. The number of fused-ring (bicyclic) bond motifs is 1. The highest BCUT2D eigenvalue weighted by Crippen LogP contribution is 2.32. The quantitative estimate of drug-likeness (QED) is 0.918. The van der Waals surface area contributed by atoms with Crippen LogP contribution in [-0.4, -0.2) is 28.6 Å². The smallest absolute Gasteiger partial charge is 0.416 e. The summed E-state index contributed by atoms with van der Waals surface area (Å²) in [5.41, 5.74) is -1.57. The Balaban J connectivity index is 2.04. The van der Waals surface area contributed by atoms with E-state index in [-0.39, 0.29) is 28.5 Å². The first-order valence-corrected chi connectivity index (χ1v) is 6.96. The first kappa shape index (κ1) is 16.6. The number of benzene rings is 1. The number of allylic oxidation sites excluding steroid dienone is 2. The molecule has 1 aromatic heterocycles. The standard InChI is InChI=1S/C16H10F3N3O3/c1-25-15-12(13(23)10-11(14(15)24)21-6-5-20-10)22-9-4-2-3-8(7-9)16(17,18)19/h2-7,22H,1H3. The summed E-state index contributed by atoms with van der Waals surface area (Å²) in [6, 6.07) is 4.23. The van der Waals surface area contributed by atoms with Crippen LogP contribution < -0.4 is 5.32 Å². The van der Waals surface area contributed by atoms with Gasteiger partial charge >= 0.3 is 6.18 Å². The van der Waals surface area contributed by atoms with Gasteiger partial charge in [0.2, 0.25) is 5.78 Å². The van der Waals surface area contributed by atoms with Crippen LogP contribution in [0, 0.1) is 0 Å². The first-order chi connectivity index (χ1) is 11.8. The van der Waals surface area contributed by atoms with E-state index in [0.29, 0.717) is 0 Å². The molecule has 6 nitrogen and oxygen atoms in total. The number of aromatic nitrogens is 2. The van der Waals surface area contributed by atoms with E-state index in [4.69, 9.17) is 4.74 Å². The third-order valence-electron chi connectivity index (χ3n) is 3.45. The molecular weight excluding hydrogens is 339 g/mol. The molecule has 1 aromatic carbocycles. The number of anilines is 1. The van der Waals surface area contributed by atoms with E-state index in [9.17, 15) is 22.8 Å². The van der Waals surface area contributed by atoms with Gasteiger partial charge in [0, 0.05) is 18.1 Å². The normalized spacial score (nSPS) is 14.4. The molecule has 1 aliphatic rings. The summed E-state index contributed by atoms with van der Waals surface area (Å²) in [6.45, 7) is 0. The zero-order valence-corrected chi connectivity index (χ0v) is 12.7. The van der Waals surface area contributed by atoms with E-state index in [1.165, 1.54) is 31.6 Å². The average molecular weight is 349 g/mol. The van der Waals surface area contributed by atoms with Crippen molar-refractivity contribution in [3.8, 4) is 0 Å². The highest BCUT2D eigenvalue weighted by Gasteiger charge is 2.36. The van der Waals surface area contributed by atoms with Crippen LogP contribution in [0.5, 0.6) is 0 Å². The molecule has 9 heteroatoms. The van der Waals surface area contributed by atoms with E-state index in [1.807, 2.05) is 0 Å². The van der Waals surface area contributed by atoms with E-state index in [1.54, 1.807) is 0 Å². The van der Waals surface area contributed by atoms with Gasteiger partial charge in [-0.25, -0.2) is 9.97 Å². The van der Waals surface area contributed by atoms with Crippen molar-refractivity contribution in [1.29, 1.82) is 0 Å². The Kier molecular flexibility index (Phi) is 3.99. The summed E-state index contributed by atoms with van der Waals surface area (Å²) >= 11 is 0.